The summed E-state index contributed by atoms with van der Waals surface area (Å²) >= 11 is 0. The molecule has 0 spiro atoms. The molecular formula is C14H19NO. The molecule has 86 valence electrons. The van der Waals surface area contributed by atoms with Gasteiger partial charge in [-0.2, -0.15) is 0 Å². The van der Waals surface area contributed by atoms with Crippen LogP contribution in [0.4, 0.5) is 5.69 Å². The van der Waals surface area contributed by atoms with Crippen molar-refractivity contribution < 1.29 is 4.79 Å². The van der Waals surface area contributed by atoms with Crippen molar-refractivity contribution in [1.82, 2.24) is 0 Å². The van der Waals surface area contributed by atoms with Crippen LogP contribution in [0.2, 0.25) is 0 Å². The molecule has 0 bridgehead atoms. The van der Waals surface area contributed by atoms with Gasteiger partial charge in [0.2, 0.25) is 0 Å². The van der Waals surface area contributed by atoms with E-state index in [9.17, 15) is 4.79 Å². The summed E-state index contributed by atoms with van der Waals surface area (Å²) in [7, 11) is 0. The van der Waals surface area contributed by atoms with Crippen LogP contribution >= 0.6 is 0 Å². The van der Waals surface area contributed by atoms with Gasteiger partial charge in [0, 0.05) is 18.7 Å². The average molecular weight is 217 g/mol. The molecule has 1 fully saturated rings. The first kappa shape index (κ1) is 11.2. The number of hydrogen-bond acceptors (Lipinski definition) is 2. The Bertz CT molecular complexity index is 434. The Hall–Kier alpha value is -1.31. The van der Waals surface area contributed by atoms with E-state index in [1.807, 2.05) is 13.8 Å². The smallest absolute Gasteiger partial charge is 0.159 e. The van der Waals surface area contributed by atoms with Crippen molar-refractivity contribution in [3.8, 4) is 0 Å². The number of carbonyl (C=O) groups excluding carboxylic acids is 1. The topological polar surface area (TPSA) is 20.3 Å². The van der Waals surface area contributed by atoms with Crippen LogP contribution in [-0.4, -0.2) is 17.9 Å². The summed E-state index contributed by atoms with van der Waals surface area (Å²) in [6.45, 7) is 9.08. The van der Waals surface area contributed by atoms with E-state index in [0.29, 0.717) is 12.2 Å². The molecule has 16 heavy (non-hydrogen) atoms. The fourth-order valence-electron chi connectivity index (χ4n) is 2.48. The maximum absolute atomic E-state index is 11.8. The molecule has 2 nitrogen and oxygen atoms in total. The third-order valence-electron chi connectivity index (χ3n) is 3.56. The molecule has 1 aromatic carbocycles. The minimum absolute atomic E-state index is 0.340. The van der Waals surface area contributed by atoms with Crippen molar-refractivity contribution in [2.45, 2.75) is 39.7 Å². The largest absolute Gasteiger partial charge is 0.359 e. The van der Waals surface area contributed by atoms with E-state index in [2.05, 4.69) is 36.9 Å². The Morgan fingerprint density at radius 3 is 2.44 bits per heavy atom. The van der Waals surface area contributed by atoms with Crippen molar-refractivity contribution in [1.29, 1.82) is 0 Å². The second-order valence-corrected chi connectivity index (χ2v) is 5.17. The zero-order chi connectivity index (χ0) is 11.9. The molecule has 2 rings (SSSR count). The van der Waals surface area contributed by atoms with Crippen LogP contribution < -0.4 is 4.90 Å². The lowest BCUT2D eigenvalue weighted by atomic mass is 9.99. The normalized spacial score (nSPS) is 19.2. The number of Topliss-reactive ketones (excluding diaryl/α,β-unsaturated/α-hetero) is 1. The lowest BCUT2D eigenvalue weighted by Crippen LogP contribution is -2.43. The SMILES string of the molecule is Cc1ccc(N2CCC(=O)C2(C)C)c(C)c1. The van der Waals surface area contributed by atoms with Gasteiger partial charge in [0.25, 0.3) is 0 Å². The van der Waals surface area contributed by atoms with E-state index < -0.39 is 0 Å². The summed E-state index contributed by atoms with van der Waals surface area (Å²) in [4.78, 5) is 14.0. The number of aryl methyl sites for hydroxylation is 2. The number of nitrogens with zero attached hydrogens (tertiary/aromatic N) is 1. The highest BCUT2D eigenvalue weighted by molar-refractivity contribution is 5.94. The molecule has 1 aliphatic heterocycles. The second-order valence-electron chi connectivity index (χ2n) is 5.17. The average Bonchev–Trinajstić information content (AvgIpc) is 2.44. The van der Waals surface area contributed by atoms with Gasteiger partial charge in [-0.25, -0.2) is 0 Å². The van der Waals surface area contributed by atoms with Crippen LogP contribution in [0.5, 0.6) is 0 Å². The molecule has 0 N–H and O–H groups in total. The number of benzene rings is 1. The van der Waals surface area contributed by atoms with E-state index in [1.54, 1.807) is 0 Å². The molecule has 0 aromatic heterocycles. The van der Waals surface area contributed by atoms with Crippen LogP contribution in [0, 0.1) is 13.8 Å². The van der Waals surface area contributed by atoms with Crippen LogP contribution in [0.25, 0.3) is 0 Å². The number of ketones is 1. The number of anilines is 1. The zero-order valence-electron chi connectivity index (χ0n) is 10.5. The first-order valence-electron chi connectivity index (χ1n) is 5.81. The molecule has 0 saturated carbocycles. The van der Waals surface area contributed by atoms with Gasteiger partial charge in [-0.3, -0.25) is 4.79 Å². The van der Waals surface area contributed by atoms with Gasteiger partial charge < -0.3 is 4.90 Å². The van der Waals surface area contributed by atoms with E-state index in [1.165, 1.54) is 16.8 Å². The van der Waals surface area contributed by atoms with Crippen molar-refractivity contribution in [2.75, 3.05) is 11.4 Å². The van der Waals surface area contributed by atoms with Crippen molar-refractivity contribution >= 4 is 11.5 Å². The summed E-state index contributed by atoms with van der Waals surface area (Å²) in [5, 5.41) is 0. The first-order chi connectivity index (χ1) is 7.43. The number of hydrogen-bond donors (Lipinski definition) is 0. The molecule has 0 aliphatic carbocycles. The maximum Gasteiger partial charge on any atom is 0.159 e. The highest BCUT2D eigenvalue weighted by Crippen LogP contribution is 2.33. The van der Waals surface area contributed by atoms with Gasteiger partial charge in [-0.1, -0.05) is 17.7 Å². The Labute approximate surface area is 97.3 Å². The summed E-state index contributed by atoms with van der Waals surface area (Å²) < 4.78 is 0. The Morgan fingerprint density at radius 1 is 1.25 bits per heavy atom. The van der Waals surface area contributed by atoms with Gasteiger partial charge >= 0.3 is 0 Å². The van der Waals surface area contributed by atoms with E-state index >= 15 is 0 Å². The molecule has 0 radical (unpaired) electrons. The fourth-order valence-corrected chi connectivity index (χ4v) is 2.48. The Kier molecular flexibility index (Phi) is 2.53. The summed E-state index contributed by atoms with van der Waals surface area (Å²) in [6.07, 6.45) is 0.667. The second kappa shape index (κ2) is 3.62. The van der Waals surface area contributed by atoms with Crippen LogP contribution in [0.3, 0.4) is 0 Å². The predicted octanol–water partition coefficient (Wildman–Crippen LogP) is 2.86. The number of carbonyl (C=O) groups is 1. The molecule has 2 heteroatoms. The molecule has 0 atom stereocenters. The summed E-state index contributed by atoms with van der Waals surface area (Å²) in [5.41, 5.74) is 3.37. The molecule has 0 unspecified atom stereocenters. The molecular weight excluding hydrogens is 198 g/mol. The third kappa shape index (κ3) is 1.62. The van der Waals surface area contributed by atoms with Crippen molar-refractivity contribution in [3.05, 3.63) is 29.3 Å². The summed E-state index contributed by atoms with van der Waals surface area (Å²) in [6, 6.07) is 6.42. The maximum atomic E-state index is 11.8. The monoisotopic (exact) mass is 217 g/mol. The molecule has 0 amide bonds. The lowest BCUT2D eigenvalue weighted by molar-refractivity contribution is -0.120. The van der Waals surface area contributed by atoms with Crippen molar-refractivity contribution in [3.63, 3.8) is 0 Å². The molecule has 1 aromatic rings. The highest BCUT2D eigenvalue weighted by Gasteiger charge is 2.40. The van der Waals surface area contributed by atoms with Gasteiger partial charge in [0.05, 0.1) is 5.54 Å². The predicted molar refractivity (Wildman–Crippen MR) is 67.0 cm³/mol. The van der Waals surface area contributed by atoms with Gasteiger partial charge in [0.1, 0.15) is 0 Å². The quantitative estimate of drug-likeness (QED) is 0.721. The van der Waals surface area contributed by atoms with Crippen LogP contribution in [-0.2, 0) is 4.79 Å². The minimum Gasteiger partial charge on any atom is -0.359 e. The Morgan fingerprint density at radius 2 is 1.94 bits per heavy atom. The number of rotatable bonds is 1. The van der Waals surface area contributed by atoms with Gasteiger partial charge in [-0.05, 0) is 39.3 Å². The minimum atomic E-state index is -0.347. The fraction of sp³-hybridized carbons (Fsp3) is 0.500. The molecule has 1 heterocycles. The van der Waals surface area contributed by atoms with Crippen LogP contribution in [0.1, 0.15) is 31.4 Å². The first-order valence-corrected chi connectivity index (χ1v) is 5.81. The Balaban J connectivity index is 2.42. The van der Waals surface area contributed by atoms with Gasteiger partial charge in [-0.15, -0.1) is 0 Å². The van der Waals surface area contributed by atoms with E-state index in [0.717, 1.165) is 6.54 Å². The highest BCUT2D eigenvalue weighted by atomic mass is 16.1. The van der Waals surface area contributed by atoms with E-state index in [4.69, 9.17) is 0 Å². The van der Waals surface area contributed by atoms with Crippen molar-refractivity contribution in [2.24, 2.45) is 0 Å². The standard InChI is InChI=1S/C14H19NO/c1-10-5-6-12(11(2)9-10)15-8-7-13(16)14(15,3)4/h5-6,9H,7-8H2,1-4H3. The van der Waals surface area contributed by atoms with Crippen LogP contribution in [0.15, 0.2) is 18.2 Å². The zero-order valence-corrected chi connectivity index (χ0v) is 10.5. The molecule has 1 saturated heterocycles. The third-order valence-corrected chi connectivity index (χ3v) is 3.56. The van der Waals surface area contributed by atoms with Gasteiger partial charge in [0.15, 0.2) is 5.78 Å². The lowest BCUT2D eigenvalue weighted by Gasteiger charge is -2.33. The molecule has 1 aliphatic rings. The van der Waals surface area contributed by atoms with E-state index in [-0.39, 0.29) is 5.54 Å². The summed E-state index contributed by atoms with van der Waals surface area (Å²) in [5.74, 6) is 0.340.